The van der Waals surface area contributed by atoms with Crippen molar-refractivity contribution in [2.75, 3.05) is 44.3 Å². The number of aromatic nitrogens is 3. The summed E-state index contributed by atoms with van der Waals surface area (Å²) in [5, 5.41) is 5.27. The van der Waals surface area contributed by atoms with Crippen LogP contribution in [0.2, 0.25) is 0 Å². The average Bonchev–Trinajstić information content (AvgIpc) is 3.49. The Hall–Kier alpha value is -3.70. The summed E-state index contributed by atoms with van der Waals surface area (Å²) >= 11 is 0. The number of anilines is 1. The molecule has 0 bridgehead atoms. The van der Waals surface area contributed by atoms with E-state index >= 15 is 4.39 Å². The number of hydrogen-bond donors (Lipinski definition) is 1. The molecule has 8 rings (SSSR count). The van der Waals surface area contributed by atoms with Crippen LogP contribution in [0.25, 0.3) is 32.9 Å². The van der Waals surface area contributed by atoms with E-state index < -0.39 is 17.5 Å². The van der Waals surface area contributed by atoms with Gasteiger partial charge in [0.1, 0.15) is 47.6 Å². The van der Waals surface area contributed by atoms with E-state index in [1.807, 2.05) is 0 Å². The Balaban J connectivity index is 1.29. The zero-order valence-corrected chi connectivity index (χ0v) is 24.0. The van der Waals surface area contributed by atoms with Crippen LogP contribution in [0.15, 0.2) is 36.4 Å². The van der Waals surface area contributed by atoms with Crippen molar-refractivity contribution >= 4 is 27.5 Å². The fraction of sp³-hybridized carbons (Fsp3) is 0.469. The quantitative estimate of drug-likeness (QED) is 0.347. The van der Waals surface area contributed by atoms with Crippen molar-refractivity contribution in [2.24, 2.45) is 0 Å². The lowest BCUT2D eigenvalue weighted by atomic mass is 9.95. The van der Waals surface area contributed by atoms with Crippen molar-refractivity contribution in [1.82, 2.24) is 25.2 Å². The lowest BCUT2D eigenvalue weighted by Crippen LogP contribution is -2.58. The van der Waals surface area contributed by atoms with E-state index in [1.54, 1.807) is 24.3 Å². The Morgan fingerprint density at radius 1 is 1.14 bits per heavy atom. The predicted molar refractivity (Wildman–Crippen MR) is 157 cm³/mol. The van der Waals surface area contributed by atoms with Gasteiger partial charge in [0.25, 0.3) is 0 Å². The molecular formula is C32H33F3N6O2. The third-order valence-electron chi connectivity index (χ3n) is 9.72. The summed E-state index contributed by atoms with van der Waals surface area (Å²) in [6.07, 6.45) is 2.27. The van der Waals surface area contributed by atoms with Crippen molar-refractivity contribution < 1.29 is 22.6 Å². The Labute approximate surface area is 247 Å². The molecule has 0 saturated carbocycles. The minimum Gasteiger partial charge on any atom is -0.475 e. The Kier molecular flexibility index (Phi) is 6.38. The molecule has 0 aliphatic carbocycles. The first-order chi connectivity index (χ1) is 20.9. The van der Waals surface area contributed by atoms with Gasteiger partial charge in [-0.15, -0.1) is 0 Å². The topological polar surface area (TPSA) is 75.6 Å². The number of piperazine rings is 1. The molecule has 0 radical (unpaired) electrons. The standard InChI is InChI=1S/C32H33F3N6O2/c1-2-21-15-41-22(13-36-21)16-42-30-25-28(26(35)27(37-30)24-6-3-5-18-11-19(33)7-8-23(18)24)38-31(39-29(25)41)43-17-32-9-4-10-40(32)14-20(34)12-32/h3,5-8,11,20-22,36H,2,4,9-10,12-17H2,1H3/t20-,21-,22+,32+/m1/s1. The summed E-state index contributed by atoms with van der Waals surface area (Å²) in [7, 11) is 0. The molecule has 2 aromatic heterocycles. The third-order valence-corrected chi connectivity index (χ3v) is 9.72. The van der Waals surface area contributed by atoms with Gasteiger partial charge in [-0.05, 0) is 48.7 Å². The predicted octanol–water partition coefficient (Wildman–Crippen LogP) is 5.03. The number of pyridine rings is 1. The number of alkyl halides is 1. The number of rotatable bonds is 5. The second-order valence-electron chi connectivity index (χ2n) is 12.3. The van der Waals surface area contributed by atoms with Gasteiger partial charge in [-0.25, -0.2) is 18.2 Å². The highest BCUT2D eigenvalue weighted by atomic mass is 19.1. The van der Waals surface area contributed by atoms with Gasteiger partial charge in [0, 0.05) is 37.7 Å². The number of fused-ring (bicyclic) bond motifs is 4. The van der Waals surface area contributed by atoms with Crippen LogP contribution in [0.4, 0.5) is 19.0 Å². The van der Waals surface area contributed by atoms with Crippen molar-refractivity contribution in [3.05, 3.63) is 48.0 Å². The van der Waals surface area contributed by atoms with Crippen LogP contribution >= 0.6 is 0 Å². The largest absolute Gasteiger partial charge is 0.475 e. The monoisotopic (exact) mass is 590 g/mol. The van der Waals surface area contributed by atoms with Gasteiger partial charge in [0.15, 0.2) is 5.82 Å². The second kappa shape index (κ2) is 10.2. The van der Waals surface area contributed by atoms with E-state index in [2.05, 4.69) is 27.0 Å². The van der Waals surface area contributed by atoms with Crippen LogP contribution in [0.5, 0.6) is 11.9 Å². The van der Waals surface area contributed by atoms with Crippen LogP contribution in [0.3, 0.4) is 0 Å². The second-order valence-corrected chi connectivity index (χ2v) is 12.3. The van der Waals surface area contributed by atoms with E-state index in [9.17, 15) is 8.78 Å². The van der Waals surface area contributed by atoms with Gasteiger partial charge in [0.05, 0.1) is 11.6 Å². The van der Waals surface area contributed by atoms with Crippen molar-refractivity contribution in [2.45, 2.75) is 56.4 Å². The smallest absolute Gasteiger partial charge is 0.319 e. The number of hydrogen-bond acceptors (Lipinski definition) is 8. The molecule has 3 saturated heterocycles. The highest BCUT2D eigenvalue weighted by Crippen LogP contribution is 2.43. The van der Waals surface area contributed by atoms with E-state index in [0.717, 1.165) is 25.8 Å². The Morgan fingerprint density at radius 2 is 2.05 bits per heavy atom. The normalized spacial score (nSPS) is 26.8. The lowest BCUT2D eigenvalue weighted by molar-refractivity contribution is 0.107. The molecule has 0 amide bonds. The molecule has 3 fully saturated rings. The van der Waals surface area contributed by atoms with E-state index in [0.29, 0.717) is 60.2 Å². The number of ether oxygens (including phenoxy) is 2. The highest BCUT2D eigenvalue weighted by molar-refractivity contribution is 6.01. The van der Waals surface area contributed by atoms with Crippen LogP contribution in [-0.4, -0.2) is 83.0 Å². The first kappa shape index (κ1) is 26.9. The number of nitrogens with zero attached hydrogens (tertiary/aromatic N) is 5. The van der Waals surface area contributed by atoms with Gasteiger partial charge in [-0.1, -0.05) is 31.2 Å². The summed E-state index contributed by atoms with van der Waals surface area (Å²) in [6, 6.07) is 9.94. The molecule has 8 nitrogen and oxygen atoms in total. The number of halogens is 3. The summed E-state index contributed by atoms with van der Waals surface area (Å²) in [5.74, 6) is -0.210. The maximum Gasteiger partial charge on any atom is 0.319 e. The van der Waals surface area contributed by atoms with Crippen LogP contribution in [0.1, 0.15) is 32.6 Å². The van der Waals surface area contributed by atoms with E-state index in [4.69, 9.17) is 19.4 Å². The third kappa shape index (κ3) is 4.38. The summed E-state index contributed by atoms with van der Waals surface area (Å²) in [4.78, 5) is 18.5. The average molecular weight is 591 g/mol. The first-order valence-electron chi connectivity index (χ1n) is 15.2. The minimum absolute atomic E-state index is 0.0546. The Morgan fingerprint density at radius 3 is 2.93 bits per heavy atom. The molecule has 43 heavy (non-hydrogen) atoms. The molecule has 0 unspecified atom stereocenters. The van der Waals surface area contributed by atoms with Gasteiger partial charge < -0.3 is 19.7 Å². The fourth-order valence-electron chi connectivity index (χ4n) is 7.49. The van der Waals surface area contributed by atoms with Crippen LogP contribution in [0, 0.1) is 11.6 Å². The van der Waals surface area contributed by atoms with Gasteiger partial charge in [-0.3, -0.25) is 4.90 Å². The molecule has 0 spiro atoms. The van der Waals surface area contributed by atoms with E-state index in [-0.39, 0.29) is 47.6 Å². The van der Waals surface area contributed by atoms with Crippen LogP contribution in [-0.2, 0) is 0 Å². The number of benzene rings is 2. The first-order valence-corrected chi connectivity index (χ1v) is 15.2. The minimum atomic E-state index is -0.890. The molecule has 1 N–H and O–H groups in total. The van der Waals surface area contributed by atoms with Crippen molar-refractivity contribution in [3.63, 3.8) is 0 Å². The molecule has 4 aromatic rings. The van der Waals surface area contributed by atoms with Crippen molar-refractivity contribution in [3.8, 4) is 23.1 Å². The maximum atomic E-state index is 16.7. The van der Waals surface area contributed by atoms with E-state index in [1.165, 1.54) is 12.1 Å². The molecule has 6 heterocycles. The number of nitrogens with one attached hydrogen (secondary N) is 1. The van der Waals surface area contributed by atoms with Gasteiger partial charge in [-0.2, -0.15) is 9.97 Å². The lowest BCUT2D eigenvalue weighted by Gasteiger charge is -2.39. The van der Waals surface area contributed by atoms with Gasteiger partial charge in [0.2, 0.25) is 5.88 Å². The Bertz CT molecular complexity index is 1740. The zero-order chi connectivity index (χ0) is 29.3. The molecule has 4 aliphatic rings. The summed E-state index contributed by atoms with van der Waals surface area (Å²) in [5.41, 5.74) is 0.235. The SMILES string of the molecule is CC[C@@H]1CN2c3nc(OC[C@@]45CCCN4C[C@H](F)C5)nc4c(F)c(-c5cccc6cc(F)ccc56)nc(c34)OC[C@@H]2CN1. The molecule has 11 heteroatoms. The molecular weight excluding hydrogens is 557 g/mol. The molecule has 4 atom stereocenters. The van der Waals surface area contributed by atoms with Gasteiger partial charge >= 0.3 is 6.01 Å². The highest BCUT2D eigenvalue weighted by Gasteiger charge is 2.49. The van der Waals surface area contributed by atoms with Crippen molar-refractivity contribution in [1.29, 1.82) is 0 Å². The summed E-state index contributed by atoms with van der Waals surface area (Å²) in [6.45, 7) is 5.28. The maximum absolute atomic E-state index is 16.7. The molecule has 2 aromatic carbocycles. The summed E-state index contributed by atoms with van der Waals surface area (Å²) < 4.78 is 57.8. The molecule has 4 aliphatic heterocycles. The fourth-order valence-corrected chi connectivity index (χ4v) is 7.49. The molecule has 224 valence electrons. The van der Waals surface area contributed by atoms with Crippen LogP contribution < -0.4 is 19.7 Å². The zero-order valence-electron chi connectivity index (χ0n) is 24.0.